The molecular formula is C33H39Cl2N3O4S. The van der Waals surface area contributed by atoms with E-state index >= 15 is 0 Å². The van der Waals surface area contributed by atoms with Gasteiger partial charge >= 0.3 is 0 Å². The third-order valence-electron chi connectivity index (χ3n) is 7.74. The van der Waals surface area contributed by atoms with E-state index in [9.17, 15) is 18.0 Å². The average Bonchev–Trinajstić information content (AvgIpc) is 3.47. The van der Waals surface area contributed by atoms with Gasteiger partial charge in [-0.05, 0) is 55.5 Å². The molecule has 0 bridgehead atoms. The maximum atomic E-state index is 14.0. The number of sulfonamides is 1. The molecule has 1 N–H and O–H groups in total. The van der Waals surface area contributed by atoms with E-state index in [0.717, 1.165) is 48.6 Å². The SMILES string of the molecule is Cc1cccc(CN(C(=O)CCCN(c2cc(Cl)ccc2Cl)S(C)(=O)=O)[C@@H](Cc2ccccc2)C(=O)NC2CCCC2)c1. The standard InChI is InChI=1S/C33H39Cl2N3O4S/c1-24-10-8-13-26(20-24)23-37(31(21-25-11-4-3-5-12-25)33(40)36-28-14-6-7-15-28)32(39)16-9-19-38(43(2,41)42)30-22-27(34)17-18-29(30)35/h3-5,8,10-13,17-18,20,22,28,31H,6-7,9,14-16,19,21,23H2,1-2H3,(H,36,40)/t31-/m0/s1. The average molecular weight is 645 g/mol. The molecule has 0 unspecified atom stereocenters. The van der Waals surface area contributed by atoms with E-state index in [1.165, 1.54) is 10.4 Å². The Labute approximate surface area is 265 Å². The van der Waals surface area contributed by atoms with Crippen molar-refractivity contribution in [2.45, 2.75) is 70.5 Å². The van der Waals surface area contributed by atoms with Crippen LogP contribution in [0.5, 0.6) is 0 Å². The molecule has 7 nitrogen and oxygen atoms in total. The van der Waals surface area contributed by atoms with Gasteiger partial charge in [0.1, 0.15) is 6.04 Å². The minimum Gasteiger partial charge on any atom is -0.352 e. The highest BCUT2D eigenvalue weighted by Gasteiger charge is 2.32. The van der Waals surface area contributed by atoms with Crippen molar-refractivity contribution in [1.82, 2.24) is 10.2 Å². The third-order valence-corrected chi connectivity index (χ3v) is 9.47. The fraction of sp³-hybridized carbons (Fsp3) is 0.394. The number of benzene rings is 3. The predicted octanol–water partition coefficient (Wildman–Crippen LogP) is 6.55. The van der Waals surface area contributed by atoms with Crippen LogP contribution in [0.2, 0.25) is 10.0 Å². The smallest absolute Gasteiger partial charge is 0.243 e. The maximum Gasteiger partial charge on any atom is 0.243 e. The van der Waals surface area contributed by atoms with Crippen molar-refractivity contribution >= 4 is 50.7 Å². The highest BCUT2D eigenvalue weighted by Crippen LogP contribution is 2.31. The number of carbonyl (C=O) groups excluding carboxylic acids is 2. The van der Waals surface area contributed by atoms with Crippen LogP contribution < -0.4 is 9.62 Å². The van der Waals surface area contributed by atoms with E-state index in [4.69, 9.17) is 23.2 Å². The summed E-state index contributed by atoms with van der Waals surface area (Å²) in [7, 11) is -3.71. The Morgan fingerprint density at radius 2 is 1.65 bits per heavy atom. The van der Waals surface area contributed by atoms with Gasteiger partial charge in [-0.25, -0.2) is 8.42 Å². The van der Waals surface area contributed by atoms with E-state index in [-0.39, 0.29) is 54.5 Å². The van der Waals surface area contributed by atoms with Gasteiger partial charge in [-0.3, -0.25) is 13.9 Å². The largest absolute Gasteiger partial charge is 0.352 e. The molecule has 1 fully saturated rings. The minimum atomic E-state index is -3.71. The topological polar surface area (TPSA) is 86.8 Å². The molecule has 0 saturated heterocycles. The number of anilines is 1. The second-order valence-electron chi connectivity index (χ2n) is 11.2. The second-order valence-corrected chi connectivity index (χ2v) is 14.0. The van der Waals surface area contributed by atoms with Crippen molar-refractivity contribution in [3.63, 3.8) is 0 Å². The van der Waals surface area contributed by atoms with Crippen LogP contribution in [0.25, 0.3) is 0 Å². The molecule has 0 aliphatic heterocycles. The van der Waals surface area contributed by atoms with Gasteiger partial charge in [-0.2, -0.15) is 0 Å². The van der Waals surface area contributed by atoms with Crippen molar-refractivity contribution in [2.24, 2.45) is 0 Å². The van der Waals surface area contributed by atoms with E-state index in [2.05, 4.69) is 5.32 Å². The van der Waals surface area contributed by atoms with E-state index in [1.54, 1.807) is 17.0 Å². The summed E-state index contributed by atoms with van der Waals surface area (Å²) in [6.07, 6.45) is 5.75. The van der Waals surface area contributed by atoms with Crippen LogP contribution in [0.3, 0.4) is 0 Å². The lowest BCUT2D eigenvalue weighted by Gasteiger charge is -2.33. The molecule has 43 heavy (non-hydrogen) atoms. The summed E-state index contributed by atoms with van der Waals surface area (Å²) in [6.45, 7) is 2.28. The summed E-state index contributed by atoms with van der Waals surface area (Å²) >= 11 is 12.5. The normalized spacial score (nSPS) is 14.3. The number of aryl methyl sites for hydroxylation is 1. The van der Waals surface area contributed by atoms with Gasteiger partial charge in [0, 0.05) is 37.0 Å². The zero-order valence-electron chi connectivity index (χ0n) is 24.6. The number of hydrogen-bond donors (Lipinski definition) is 1. The van der Waals surface area contributed by atoms with Crippen molar-refractivity contribution in [3.05, 3.63) is 99.5 Å². The highest BCUT2D eigenvalue weighted by molar-refractivity contribution is 7.92. The first-order valence-electron chi connectivity index (χ1n) is 14.6. The summed E-state index contributed by atoms with van der Waals surface area (Å²) in [5.41, 5.74) is 3.19. The summed E-state index contributed by atoms with van der Waals surface area (Å²) in [5, 5.41) is 3.81. The molecule has 0 heterocycles. The van der Waals surface area contributed by atoms with Gasteiger partial charge in [-0.15, -0.1) is 0 Å². The fourth-order valence-electron chi connectivity index (χ4n) is 5.59. The molecule has 1 saturated carbocycles. The second kappa shape index (κ2) is 15.1. The Kier molecular flexibility index (Phi) is 11.5. The van der Waals surface area contributed by atoms with Crippen molar-refractivity contribution in [1.29, 1.82) is 0 Å². The van der Waals surface area contributed by atoms with Crippen molar-refractivity contribution in [2.75, 3.05) is 17.1 Å². The Bertz CT molecular complexity index is 1510. The van der Waals surface area contributed by atoms with Crippen LogP contribution in [0.15, 0.2) is 72.8 Å². The lowest BCUT2D eigenvalue weighted by molar-refractivity contribution is -0.141. The van der Waals surface area contributed by atoms with Gasteiger partial charge < -0.3 is 10.2 Å². The van der Waals surface area contributed by atoms with Crippen LogP contribution >= 0.6 is 23.2 Å². The summed E-state index contributed by atoms with van der Waals surface area (Å²) < 4.78 is 26.6. The van der Waals surface area contributed by atoms with Crippen molar-refractivity contribution < 1.29 is 18.0 Å². The van der Waals surface area contributed by atoms with Crippen LogP contribution in [-0.4, -0.2) is 50.0 Å². The molecular weight excluding hydrogens is 605 g/mol. The molecule has 4 rings (SSSR count). The quantitative estimate of drug-likeness (QED) is 0.229. The molecule has 3 aromatic carbocycles. The first-order chi connectivity index (χ1) is 20.5. The van der Waals surface area contributed by atoms with Crippen LogP contribution in [0.4, 0.5) is 5.69 Å². The molecule has 1 aliphatic rings. The van der Waals surface area contributed by atoms with Gasteiger partial charge in [0.25, 0.3) is 0 Å². The first-order valence-corrected chi connectivity index (χ1v) is 17.2. The molecule has 10 heteroatoms. The maximum absolute atomic E-state index is 14.0. The Balaban J connectivity index is 1.60. The zero-order chi connectivity index (χ0) is 31.0. The minimum absolute atomic E-state index is 0.0283. The molecule has 230 valence electrons. The molecule has 3 aromatic rings. The Hall–Kier alpha value is -3.07. The van der Waals surface area contributed by atoms with E-state index in [1.807, 2.05) is 61.5 Å². The number of nitrogens with zero attached hydrogens (tertiary/aromatic N) is 2. The summed E-state index contributed by atoms with van der Waals surface area (Å²) in [4.78, 5) is 29.5. The van der Waals surface area contributed by atoms with Crippen molar-refractivity contribution in [3.8, 4) is 0 Å². The predicted molar refractivity (Wildman–Crippen MR) is 174 cm³/mol. The van der Waals surface area contributed by atoms with Gasteiger partial charge in [0.2, 0.25) is 21.8 Å². The molecule has 0 aromatic heterocycles. The summed E-state index contributed by atoms with van der Waals surface area (Å²) in [6, 6.07) is 21.6. The molecule has 0 spiro atoms. The first kappa shape index (κ1) is 32.8. The third kappa shape index (κ3) is 9.46. The monoisotopic (exact) mass is 643 g/mol. The Morgan fingerprint density at radius 1 is 0.953 bits per heavy atom. The lowest BCUT2D eigenvalue weighted by Crippen LogP contribution is -2.52. The van der Waals surface area contributed by atoms with Gasteiger partial charge in [0.15, 0.2) is 0 Å². The Morgan fingerprint density at radius 3 is 2.33 bits per heavy atom. The number of hydrogen-bond acceptors (Lipinski definition) is 4. The van der Waals surface area contributed by atoms with E-state index < -0.39 is 16.1 Å². The zero-order valence-corrected chi connectivity index (χ0v) is 27.0. The number of nitrogens with one attached hydrogen (secondary N) is 1. The van der Waals surface area contributed by atoms with Gasteiger partial charge in [-0.1, -0.05) is 96.2 Å². The molecule has 1 aliphatic carbocycles. The fourth-order valence-corrected chi connectivity index (χ4v) is 6.99. The summed E-state index contributed by atoms with van der Waals surface area (Å²) in [5.74, 6) is -0.394. The molecule has 1 atom stereocenters. The number of halogens is 2. The van der Waals surface area contributed by atoms with Crippen LogP contribution in [-0.2, 0) is 32.6 Å². The number of amides is 2. The van der Waals surface area contributed by atoms with Crippen LogP contribution in [0, 0.1) is 6.92 Å². The number of rotatable bonds is 13. The van der Waals surface area contributed by atoms with E-state index in [0.29, 0.717) is 11.4 Å². The van der Waals surface area contributed by atoms with Crippen LogP contribution in [0.1, 0.15) is 55.2 Å². The lowest BCUT2D eigenvalue weighted by atomic mass is 10.0. The highest BCUT2D eigenvalue weighted by atomic mass is 35.5. The number of carbonyl (C=O) groups is 2. The van der Waals surface area contributed by atoms with Gasteiger partial charge in [0.05, 0.1) is 17.0 Å². The molecule has 0 radical (unpaired) electrons. The molecule has 2 amide bonds.